The van der Waals surface area contributed by atoms with Gasteiger partial charge >= 0.3 is 0 Å². The second-order valence-electron chi connectivity index (χ2n) is 9.46. The second-order valence-corrected chi connectivity index (χ2v) is 10.5. The lowest BCUT2D eigenvalue weighted by Gasteiger charge is -2.35. The first-order valence-electron chi connectivity index (χ1n) is 12.3. The van der Waals surface area contributed by atoms with Crippen LogP contribution in [-0.4, -0.2) is 66.0 Å². The molecule has 0 atom stereocenters. The summed E-state index contributed by atoms with van der Waals surface area (Å²) in [6.45, 7) is 3.07. The maximum absolute atomic E-state index is 13.2. The highest BCUT2D eigenvalue weighted by atomic mass is 32.2. The molecule has 3 amide bonds. The molecule has 2 fully saturated rings. The van der Waals surface area contributed by atoms with Gasteiger partial charge in [-0.1, -0.05) is 30.3 Å². The summed E-state index contributed by atoms with van der Waals surface area (Å²) in [5.74, 6) is 0.824. The minimum Gasteiger partial charge on any atom is -0.341 e. The molecule has 7 heteroatoms. The standard InChI is InChI=1S/C27H31N3O3S/c31-25(28-14-10-21(11-15-28)16-20-6-2-1-3-7-20)18-30-23-17-22(27(33)29-12-4-5-13-29)8-9-24(23)34-19-26(30)32/h1-3,6-9,17,21H,4-5,10-16,18-19H2. The topological polar surface area (TPSA) is 60.9 Å². The number of benzene rings is 2. The Morgan fingerprint density at radius 1 is 0.912 bits per heavy atom. The second kappa shape index (κ2) is 10.2. The van der Waals surface area contributed by atoms with Crippen molar-refractivity contribution in [3.05, 3.63) is 59.7 Å². The van der Waals surface area contributed by atoms with E-state index in [1.807, 2.05) is 28.0 Å². The van der Waals surface area contributed by atoms with Crippen LogP contribution in [0.1, 0.15) is 41.6 Å². The van der Waals surface area contributed by atoms with Gasteiger partial charge in [0.05, 0.1) is 11.4 Å². The lowest BCUT2D eigenvalue weighted by atomic mass is 9.90. The Morgan fingerprint density at radius 3 is 2.38 bits per heavy atom. The Labute approximate surface area is 205 Å². The molecular weight excluding hydrogens is 446 g/mol. The van der Waals surface area contributed by atoms with Gasteiger partial charge in [0.25, 0.3) is 5.91 Å². The molecular formula is C27H31N3O3S. The highest BCUT2D eigenvalue weighted by molar-refractivity contribution is 8.00. The molecule has 3 heterocycles. The van der Waals surface area contributed by atoms with Crippen molar-refractivity contribution in [1.29, 1.82) is 0 Å². The third-order valence-electron chi connectivity index (χ3n) is 7.17. The van der Waals surface area contributed by atoms with Gasteiger partial charge in [0, 0.05) is 36.6 Å². The van der Waals surface area contributed by atoms with Crippen molar-refractivity contribution in [2.45, 2.75) is 37.0 Å². The third-order valence-corrected chi connectivity index (χ3v) is 8.22. The smallest absolute Gasteiger partial charge is 0.253 e. The van der Waals surface area contributed by atoms with Gasteiger partial charge in [-0.3, -0.25) is 14.4 Å². The van der Waals surface area contributed by atoms with E-state index in [2.05, 4.69) is 24.3 Å². The number of rotatable bonds is 5. The van der Waals surface area contributed by atoms with E-state index in [1.54, 1.807) is 11.0 Å². The van der Waals surface area contributed by atoms with Crippen LogP contribution in [0.4, 0.5) is 5.69 Å². The Kier molecular flexibility index (Phi) is 6.90. The van der Waals surface area contributed by atoms with E-state index in [1.165, 1.54) is 17.3 Å². The summed E-state index contributed by atoms with van der Waals surface area (Å²) in [6.07, 6.45) is 5.08. The van der Waals surface area contributed by atoms with Gasteiger partial charge in [0.2, 0.25) is 11.8 Å². The number of piperidine rings is 1. The summed E-state index contributed by atoms with van der Waals surface area (Å²) in [7, 11) is 0. The Morgan fingerprint density at radius 2 is 1.65 bits per heavy atom. The van der Waals surface area contributed by atoms with Crippen molar-refractivity contribution in [3.63, 3.8) is 0 Å². The van der Waals surface area contributed by atoms with Crippen LogP contribution in [0.3, 0.4) is 0 Å². The van der Waals surface area contributed by atoms with Crippen LogP contribution in [0.5, 0.6) is 0 Å². The van der Waals surface area contributed by atoms with E-state index in [4.69, 9.17) is 0 Å². The Balaban J connectivity index is 1.24. The van der Waals surface area contributed by atoms with E-state index in [0.717, 1.165) is 63.2 Å². The summed E-state index contributed by atoms with van der Waals surface area (Å²) in [4.78, 5) is 45.2. The molecule has 3 aliphatic heterocycles. The van der Waals surface area contributed by atoms with E-state index < -0.39 is 0 Å². The molecule has 0 spiro atoms. The van der Waals surface area contributed by atoms with Gasteiger partial charge in [-0.15, -0.1) is 11.8 Å². The van der Waals surface area contributed by atoms with Gasteiger partial charge in [0.15, 0.2) is 0 Å². The first-order chi connectivity index (χ1) is 16.6. The normalized spacial score (nSPS) is 18.8. The van der Waals surface area contributed by atoms with Crippen LogP contribution < -0.4 is 4.90 Å². The van der Waals surface area contributed by atoms with Gasteiger partial charge in [-0.25, -0.2) is 0 Å². The SMILES string of the molecule is O=C(CN1C(=O)CSc2ccc(C(=O)N3CCCC3)cc21)N1CCC(Cc2ccccc2)CC1. The first-order valence-corrected chi connectivity index (χ1v) is 13.3. The molecule has 0 aliphatic carbocycles. The van der Waals surface area contributed by atoms with Crippen molar-refractivity contribution < 1.29 is 14.4 Å². The number of carbonyl (C=O) groups is 3. The van der Waals surface area contributed by atoms with Crippen molar-refractivity contribution in [1.82, 2.24) is 9.80 Å². The van der Waals surface area contributed by atoms with Crippen LogP contribution >= 0.6 is 11.8 Å². The van der Waals surface area contributed by atoms with E-state index in [0.29, 0.717) is 22.9 Å². The number of anilines is 1. The van der Waals surface area contributed by atoms with Gasteiger partial charge < -0.3 is 14.7 Å². The third kappa shape index (κ3) is 4.99. The molecule has 0 radical (unpaired) electrons. The molecule has 0 aromatic heterocycles. The maximum Gasteiger partial charge on any atom is 0.253 e. The van der Waals surface area contributed by atoms with Crippen molar-refractivity contribution in [2.75, 3.05) is 43.4 Å². The minimum absolute atomic E-state index is 0.00934. The lowest BCUT2D eigenvalue weighted by molar-refractivity contribution is -0.132. The summed E-state index contributed by atoms with van der Waals surface area (Å²) >= 11 is 1.48. The van der Waals surface area contributed by atoms with Crippen molar-refractivity contribution >= 4 is 35.2 Å². The van der Waals surface area contributed by atoms with Crippen LogP contribution in [0.25, 0.3) is 0 Å². The van der Waals surface area contributed by atoms with E-state index >= 15 is 0 Å². The molecule has 6 nitrogen and oxygen atoms in total. The predicted molar refractivity (Wildman–Crippen MR) is 134 cm³/mol. The lowest BCUT2D eigenvalue weighted by Crippen LogP contribution is -2.47. The fourth-order valence-electron chi connectivity index (χ4n) is 5.18. The maximum atomic E-state index is 13.2. The quantitative estimate of drug-likeness (QED) is 0.657. The summed E-state index contributed by atoms with van der Waals surface area (Å²) in [5, 5.41) is 0. The van der Waals surface area contributed by atoms with Crippen molar-refractivity contribution in [3.8, 4) is 0 Å². The number of fused-ring (bicyclic) bond motifs is 1. The minimum atomic E-state index is -0.0735. The van der Waals surface area contributed by atoms with Gasteiger partial charge in [0.1, 0.15) is 6.54 Å². The molecule has 34 heavy (non-hydrogen) atoms. The number of thioether (sulfide) groups is 1. The highest BCUT2D eigenvalue weighted by Gasteiger charge is 2.31. The molecule has 2 aromatic carbocycles. The van der Waals surface area contributed by atoms with Gasteiger partial charge in [-0.05, 0) is 61.8 Å². The molecule has 178 valence electrons. The van der Waals surface area contributed by atoms with E-state index in [-0.39, 0.29) is 24.3 Å². The van der Waals surface area contributed by atoms with Crippen LogP contribution in [0.2, 0.25) is 0 Å². The summed E-state index contributed by atoms with van der Waals surface area (Å²) < 4.78 is 0. The zero-order chi connectivity index (χ0) is 23.5. The molecule has 2 aromatic rings. The molecule has 5 rings (SSSR count). The van der Waals surface area contributed by atoms with Crippen molar-refractivity contribution in [2.24, 2.45) is 5.92 Å². The van der Waals surface area contributed by atoms with Crippen LogP contribution in [0, 0.1) is 5.92 Å². The van der Waals surface area contributed by atoms with Crippen LogP contribution in [-0.2, 0) is 16.0 Å². The number of carbonyl (C=O) groups excluding carboxylic acids is 3. The molecule has 3 aliphatic rings. The highest BCUT2D eigenvalue weighted by Crippen LogP contribution is 2.36. The molecule has 0 bridgehead atoms. The summed E-state index contributed by atoms with van der Waals surface area (Å²) in [6, 6.07) is 16.1. The number of nitrogens with zero attached hydrogens (tertiary/aromatic N) is 3. The number of amides is 3. The predicted octanol–water partition coefficient (Wildman–Crippen LogP) is 3.84. The molecule has 2 saturated heterocycles. The fraction of sp³-hybridized carbons (Fsp3) is 0.444. The average Bonchev–Trinajstić information content (AvgIpc) is 3.41. The number of likely N-dealkylation sites (tertiary alicyclic amines) is 2. The summed E-state index contributed by atoms with van der Waals surface area (Å²) in [5.41, 5.74) is 2.63. The first kappa shape index (κ1) is 23.0. The monoisotopic (exact) mass is 477 g/mol. The molecule has 0 saturated carbocycles. The van der Waals surface area contributed by atoms with E-state index in [9.17, 15) is 14.4 Å². The number of hydrogen-bond acceptors (Lipinski definition) is 4. The van der Waals surface area contributed by atoms with Crippen LogP contribution in [0.15, 0.2) is 53.4 Å². The Bertz CT molecular complexity index is 1060. The largest absolute Gasteiger partial charge is 0.341 e. The Hall–Kier alpha value is -2.80. The molecule has 0 unspecified atom stereocenters. The average molecular weight is 478 g/mol. The zero-order valence-electron chi connectivity index (χ0n) is 19.4. The molecule has 0 N–H and O–H groups in total. The number of hydrogen-bond donors (Lipinski definition) is 0. The van der Waals surface area contributed by atoms with Gasteiger partial charge in [-0.2, -0.15) is 0 Å². The fourth-order valence-corrected chi connectivity index (χ4v) is 6.10. The zero-order valence-corrected chi connectivity index (χ0v) is 20.3.